The number of amides is 4. The van der Waals surface area contributed by atoms with Gasteiger partial charge in [-0.1, -0.05) is 0 Å². The van der Waals surface area contributed by atoms with E-state index in [1.807, 2.05) is 37.6 Å². The molecule has 4 amide bonds. The number of anilines is 3. The fraction of sp³-hybridized carbons (Fsp3) is 0.424. The molecule has 3 fully saturated rings. The van der Waals surface area contributed by atoms with Gasteiger partial charge in [0.05, 0.1) is 30.1 Å². The van der Waals surface area contributed by atoms with E-state index >= 15 is 0 Å². The SMILES string of the molecule is COc1cc(N2CCN(C3CCN(c4ccc5c(c4)C(=O)N(C4CCC(=O)NC4=O)C5=O)CC3)CC2)c(-c2cnn(C)c2)cc1N. The number of aryl methyl sites for hydroxylation is 1. The van der Waals surface area contributed by atoms with Crippen molar-refractivity contribution in [2.45, 2.75) is 37.8 Å². The summed E-state index contributed by atoms with van der Waals surface area (Å²) in [5.74, 6) is -1.28. The molecule has 3 aromatic rings. The Balaban J connectivity index is 0.984. The standard InChI is InChI=1S/C33H38N8O5/c1-37-19-20(18-35-37)24-16-26(34)29(46-2)17-28(24)40-13-11-39(12-14-40)21-7-9-38(10-8-21)22-3-4-23-25(15-22)33(45)41(32(23)44)27-5-6-30(42)36-31(27)43/h3-4,15-19,21,27H,5-14,34H2,1-2H3,(H,36,42,43). The predicted octanol–water partition coefficient (Wildman–Crippen LogP) is 1.87. The van der Waals surface area contributed by atoms with Crippen LogP contribution in [0.25, 0.3) is 11.1 Å². The summed E-state index contributed by atoms with van der Waals surface area (Å²) in [7, 11) is 3.54. The molecule has 5 heterocycles. The zero-order chi connectivity index (χ0) is 32.1. The smallest absolute Gasteiger partial charge is 0.262 e. The summed E-state index contributed by atoms with van der Waals surface area (Å²) in [5, 5.41) is 6.60. The quantitative estimate of drug-likeness (QED) is 0.307. The number of nitrogens with two attached hydrogens (primary N) is 1. The second kappa shape index (κ2) is 11.8. The molecule has 4 aliphatic heterocycles. The molecule has 1 unspecified atom stereocenters. The van der Waals surface area contributed by atoms with Gasteiger partial charge in [0.1, 0.15) is 11.8 Å². The second-order valence-electron chi connectivity index (χ2n) is 12.4. The average Bonchev–Trinajstić information content (AvgIpc) is 3.61. The van der Waals surface area contributed by atoms with Gasteiger partial charge in [0.15, 0.2) is 0 Å². The number of rotatable bonds is 6. The molecule has 13 heteroatoms. The summed E-state index contributed by atoms with van der Waals surface area (Å²) in [5.41, 5.74) is 11.6. The van der Waals surface area contributed by atoms with Gasteiger partial charge in [-0.2, -0.15) is 5.10 Å². The van der Waals surface area contributed by atoms with E-state index in [9.17, 15) is 19.2 Å². The number of nitrogens with one attached hydrogen (secondary N) is 1. The number of hydrogen-bond donors (Lipinski definition) is 2. The number of carbonyl (C=O) groups excluding carboxylic acids is 4. The van der Waals surface area contributed by atoms with E-state index in [2.05, 4.69) is 25.1 Å². The van der Waals surface area contributed by atoms with Crippen molar-refractivity contribution < 1.29 is 23.9 Å². The van der Waals surface area contributed by atoms with Gasteiger partial charge in [0.25, 0.3) is 11.8 Å². The number of aromatic nitrogens is 2. The van der Waals surface area contributed by atoms with E-state index in [0.29, 0.717) is 28.6 Å². The first kappa shape index (κ1) is 29.8. The van der Waals surface area contributed by atoms with E-state index < -0.39 is 23.8 Å². The molecule has 0 aliphatic carbocycles. The van der Waals surface area contributed by atoms with Crippen LogP contribution in [0.1, 0.15) is 46.4 Å². The molecule has 46 heavy (non-hydrogen) atoms. The number of piperidine rings is 2. The largest absolute Gasteiger partial charge is 0.495 e. The van der Waals surface area contributed by atoms with Gasteiger partial charge in [-0.25, -0.2) is 0 Å². The monoisotopic (exact) mass is 626 g/mol. The minimum atomic E-state index is -0.964. The molecular weight excluding hydrogens is 588 g/mol. The summed E-state index contributed by atoms with van der Waals surface area (Å²) < 4.78 is 7.35. The molecule has 0 spiro atoms. The fourth-order valence-corrected chi connectivity index (χ4v) is 7.29. The number of methoxy groups -OCH3 is 1. The van der Waals surface area contributed by atoms with E-state index in [1.165, 1.54) is 0 Å². The zero-order valence-electron chi connectivity index (χ0n) is 26.1. The first-order valence-electron chi connectivity index (χ1n) is 15.8. The third kappa shape index (κ3) is 5.23. The van der Waals surface area contributed by atoms with Crippen molar-refractivity contribution in [3.05, 3.63) is 53.9 Å². The lowest BCUT2D eigenvalue weighted by molar-refractivity contribution is -0.136. The van der Waals surface area contributed by atoms with Crippen molar-refractivity contribution in [2.75, 3.05) is 61.9 Å². The van der Waals surface area contributed by atoms with Gasteiger partial charge < -0.3 is 20.3 Å². The molecule has 2 aromatic carbocycles. The number of fused-ring (bicyclic) bond motifs is 1. The Morgan fingerprint density at radius 1 is 0.870 bits per heavy atom. The molecule has 3 N–H and O–H groups in total. The average molecular weight is 627 g/mol. The maximum absolute atomic E-state index is 13.3. The number of benzene rings is 2. The van der Waals surface area contributed by atoms with Gasteiger partial charge in [0.2, 0.25) is 11.8 Å². The molecule has 3 saturated heterocycles. The summed E-state index contributed by atoms with van der Waals surface area (Å²) in [6, 6.07) is 8.85. The molecular formula is C33H38N8O5. The Labute approximate surface area is 266 Å². The van der Waals surface area contributed by atoms with Crippen LogP contribution in [-0.2, 0) is 16.6 Å². The molecule has 1 aromatic heterocycles. The van der Waals surface area contributed by atoms with E-state index in [4.69, 9.17) is 10.5 Å². The molecule has 13 nitrogen and oxygen atoms in total. The summed E-state index contributed by atoms with van der Waals surface area (Å²) in [6.45, 7) is 5.31. The highest BCUT2D eigenvalue weighted by molar-refractivity contribution is 6.23. The summed E-state index contributed by atoms with van der Waals surface area (Å²) in [4.78, 5) is 58.6. The zero-order valence-corrected chi connectivity index (χ0v) is 26.1. The molecule has 0 bridgehead atoms. The maximum Gasteiger partial charge on any atom is 0.262 e. The third-order valence-electron chi connectivity index (χ3n) is 9.79. The number of imide groups is 2. The van der Waals surface area contributed by atoms with Gasteiger partial charge in [-0.3, -0.25) is 39.0 Å². The van der Waals surface area contributed by atoms with Crippen LogP contribution in [0.15, 0.2) is 42.7 Å². The lowest BCUT2D eigenvalue weighted by Crippen LogP contribution is -2.54. The Morgan fingerprint density at radius 2 is 1.61 bits per heavy atom. The summed E-state index contributed by atoms with van der Waals surface area (Å²) >= 11 is 0. The Hall–Kier alpha value is -4.91. The number of nitrogens with zero attached hydrogens (tertiary/aromatic N) is 6. The number of hydrogen-bond acceptors (Lipinski definition) is 10. The van der Waals surface area contributed by atoms with Crippen LogP contribution in [0.4, 0.5) is 17.1 Å². The first-order chi connectivity index (χ1) is 22.2. The van der Waals surface area contributed by atoms with Gasteiger partial charge >= 0.3 is 0 Å². The number of ether oxygens (including phenoxy) is 1. The number of carbonyl (C=O) groups is 4. The highest BCUT2D eigenvalue weighted by Crippen LogP contribution is 2.39. The van der Waals surface area contributed by atoms with Crippen LogP contribution < -0.4 is 25.6 Å². The van der Waals surface area contributed by atoms with Gasteiger partial charge in [-0.15, -0.1) is 0 Å². The first-order valence-corrected chi connectivity index (χ1v) is 15.8. The van der Waals surface area contributed by atoms with Crippen LogP contribution >= 0.6 is 0 Å². The Kier molecular flexibility index (Phi) is 7.63. The lowest BCUT2D eigenvalue weighted by Gasteiger charge is -2.44. The van der Waals surface area contributed by atoms with Crippen LogP contribution in [0, 0.1) is 0 Å². The van der Waals surface area contributed by atoms with Crippen molar-refractivity contribution in [3.8, 4) is 16.9 Å². The molecule has 0 radical (unpaired) electrons. The second-order valence-corrected chi connectivity index (χ2v) is 12.4. The summed E-state index contributed by atoms with van der Waals surface area (Å²) in [6.07, 6.45) is 6.08. The van der Waals surface area contributed by atoms with Crippen molar-refractivity contribution in [1.29, 1.82) is 0 Å². The highest BCUT2D eigenvalue weighted by atomic mass is 16.5. The number of piperazine rings is 1. The minimum Gasteiger partial charge on any atom is -0.495 e. The van der Waals surface area contributed by atoms with Crippen molar-refractivity contribution in [1.82, 2.24) is 24.9 Å². The lowest BCUT2D eigenvalue weighted by atomic mass is 10.00. The van der Waals surface area contributed by atoms with Crippen LogP contribution in [0.2, 0.25) is 0 Å². The van der Waals surface area contributed by atoms with Crippen LogP contribution in [0.5, 0.6) is 5.75 Å². The van der Waals surface area contributed by atoms with Crippen LogP contribution in [0.3, 0.4) is 0 Å². The highest BCUT2D eigenvalue weighted by Gasteiger charge is 2.45. The molecule has 4 aliphatic rings. The molecule has 1 atom stereocenters. The van der Waals surface area contributed by atoms with Gasteiger partial charge in [-0.05, 0) is 43.5 Å². The number of nitrogen functional groups attached to an aromatic ring is 1. The van der Waals surface area contributed by atoms with Crippen molar-refractivity contribution in [2.24, 2.45) is 7.05 Å². The third-order valence-corrected chi connectivity index (χ3v) is 9.79. The minimum absolute atomic E-state index is 0.0988. The van der Waals surface area contributed by atoms with Crippen LogP contribution in [-0.4, -0.2) is 102 Å². The molecule has 7 rings (SSSR count). The van der Waals surface area contributed by atoms with Gasteiger partial charge in [0, 0.05) is 93.5 Å². The van der Waals surface area contributed by atoms with Crippen molar-refractivity contribution >= 4 is 40.7 Å². The Bertz CT molecular complexity index is 1720. The normalized spacial score (nSPS) is 21.2. The fourth-order valence-electron chi connectivity index (χ4n) is 7.29. The van der Waals surface area contributed by atoms with E-state index in [0.717, 1.165) is 79.5 Å². The van der Waals surface area contributed by atoms with E-state index in [1.54, 1.807) is 23.9 Å². The maximum atomic E-state index is 13.3. The van der Waals surface area contributed by atoms with Crippen molar-refractivity contribution in [3.63, 3.8) is 0 Å². The molecule has 0 saturated carbocycles. The predicted molar refractivity (Wildman–Crippen MR) is 172 cm³/mol. The Morgan fingerprint density at radius 3 is 2.28 bits per heavy atom. The topological polar surface area (TPSA) is 146 Å². The molecule has 240 valence electrons. The van der Waals surface area contributed by atoms with E-state index in [-0.39, 0.29) is 18.7 Å².